The van der Waals surface area contributed by atoms with Crippen LogP contribution in [0.25, 0.3) is 0 Å². The zero-order valence-corrected chi connectivity index (χ0v) is 16.1. The number of carbonyl (C=O) groups is 1. The van der Waals surface area contributed by atoms with Crippen LogP contribution in [0.1, 0.15) is 20.8 Å². The number of halogens is 1. The number of nitrogens with zero attached hydrogens (tertiary/aromatic N) is 1. The largest absolute Gasteiger partial charge is 0.493 e. The average Bonchev–Trinajstić information content (AvgIpc) is 3.23. The van der Waals surface area contributed by atoms with Gasteiger partial charge in [0.1, 0.15) is 6.61 Å². The molecule has 27 heavy (non-hydrogen) atoms. The van der Waals surface area contributed by atoms with Gasteiger partial charge in [-0.05, 0) is 52.9 Å². The van der Waals surface area contributed by atoms with Crippen molar-refractivity contribution in [2.75, 3.05) is 7.11 Å². The van der Waals surface area contributed by atoms with Gasteiger partial charge in [-0.3, -0.25) is 4.79 Å². The molecule has 1 heterocycles. The van der Waals surface area contributed by atoms with E-state index in [4.69, 9.17) is 21.1 Å². The minimum Gasteiger partial charge on any atom is -0.493 e. The molecule has 0 aliphatic carbocycles. The van der Waals surface area contributed by atoms with Crippen molar-refractivity contribution in [1.82, 2.24) is 5.43 Å². The number of amides is 1. The zero-order chi connectivity index (χ0) is 19.1. The molecule has 7 heteroatoms. The highest BCUT2D eigenvalue weighted by Gasteiger charge is 2.07. The highest BCUT2D eigenvalue weighted by molar-refractivity contribution is 7.12. The second-order valence-corrected chi connectivity index (χ2v) is 6.89. The lowest BCUT2D eigenvalue weighted by Gasteiger charge is -2.11. The van der Waals surface area contributed by atoms with Crippen molar-refractivity contribution >= 4 is 35.1 Å². The Morgan fingerprint density at radius 3 is 2.70 bits per heavy atom. The number of rotatable bonds is 7. The number of ether oxygens (including phenoxy) is 2. The van der Waals surface area contributed by atoms with Crippen LogP contribution in [0.5, 0.6) is 11.5 Å². The number of hydrogen-bond acceptors (Lipinski definition) is 5. The van der Waals surface area contributed by atoms with Gasteiger partial charge in [0.15, 0.2) is 11.5 Å². The predicted molar refractivity (Wildman–Crippen MR) is 108 cm³/mol. The van der Waals surface area contributed by atoms with Gasteiger partial charge < -0.3 is 9.47 Å². The lowest BCUT2D eigenvalue weighted by Crippen LogP contribution is -2.16. The number of thiophene rings is 1. The molecule has 5 nitrogen and oxygen atoms in total. The van der Waals surface area contributed by atoms with Gasteiger partial charge in [0.25, 0.3) is 5.91 Å². The van der Waals surface area contributed by atoms with Crippen LogP contribution in [-0.4, -0.2) is 19.2 Å². The number of hydrazone groups is 1. The Morgan fingerprint density at radius 2 is 2.00 bits per heavy atom. The van der Waals surface area contributed by atoms with Gasteiger partial charge in [-0.1, -0.05) is 29.8 Å². The van der Waals surface area contributed by atoms with Crippen molar-refractivity contribution < 1.29 is 14.3 Å². The fourth-order valence-electron chi connectivity index (χ4n) is 2.25. The maximum Gasteiger partial charge on any atom is 0.281 e. The van der Waals surface area contributed by atoms with E-state index in [0.717, 1.165) is 11.1 Å². The Balaban J connectivity index is 1.62. The van der Waals surface area contributed by atoms with Crippen LogP contribution in [0, 0.1) is 0 Å². The first-order valence-electron chi connectivity index (χ1n) is 8.08. The molecule has 3 aromatic rings. The average molecular weight is 401 g/mol. The van der Waals surface area contributed by atoms with Gasteiger partial charge in [0, 0.05) is 5.02 Å². The highest BCUT2D eigenvalue weighted by atomic mass is 35.5. The van der Waals surface area contributed by atoms with Crippen LogP contribution in [-0.2, 0) is 6.61 Å². The molecule has 0 fully saturated rings. The van der Waals surface area contributed by atoms with Gasteiger partial charge in [0.05, 0.1) is 18.2 Å². The summed E-state index contributed by atoms with van der Waals surface area (Å²) in [6, 6.07) is 16.4. The van der Waals surface area contributed by atoms with Crippen LogP contribution in [0.15, 0.2) is 65.1 Å². The lowest BCUT2D eigenvalue weighted by molar-refractivity contribution is 0.0959. The summed E-state index contributed by atoms with van der Waals surface area (Å²) in [5, 5.41) is 6.50. The molecular formula is C20H17ClN2O3S. The quantitative estimate of drug-likeness (QED) is 0.459. The van der Waals surface area contributed by atoms with Gasteiger partial charge >= 0.3 is 0 Å². The summed E-state index contributed by atoms with van der Waals surface area (Å²) in [6.45, 7) is 0.401. The molecule has 1 aromatic heterocycles. The summed E-state index contributed by atoms with van der Waals surface area (Å²) in [4.78, 5) is 12.5. The third kappa shape index (κ3) is 5.32. The minimum atomic E-state index is -0.240. The molecule has 0 unspecified atom stereocenters. The van der Waals surface area contributed by atoms with Crippen LogP contribution in [0.2, 0.25) is 5.02 Å². The van der Waals surface area contributed by atoms with Crippen molar-refractivity contribution in [3.8, 4) is 11.5 Å². The Morgan fingerprint density at radius 1 is 1.19 bits per heavy atom. The minimum absolute atomic E-state index is 0.240. The first-order chi connectivity index (χ1) is 13.2. The van der Waals surface area contributed by atoms with E-state index in [0.29, 0.717) is 28.0 Å². The fraction of sp³-hybridized carbons (Fsp3) is 0.100. The lowest BCUT2D eigenvalue weighted by atomic mass is 10.2. The maximum absolute atomic E-state index is 11.8. The normalized spacial score (nSPS) is 10.7. The van der Waals surface area contributed by atoms with Crippen molar-refractivity contribution in [2.45, 2.75) is 6.61 Å². The Labute approximate surface area is 166 Å². The van der Waals surface area contributed by atoms with E-state index in [1.54, 1.807) is 31.5 Å². The summed E-state index contributed by atoms with van der Waals surface area (Å²) >= 11 is 7.25. The summed E-state index contributed by atoms with van der Waals surface area (Å²) in [7, 11) is 1.57. The second kappa shape index (κ2) is 9.21. The zero-order valence-electron chi connectivity index (χ0n) is 14.5. The Hall–Kier alpha value is -2.83. The number of hydrogen-bond donors (Lipinski definition) is 1. The molecule has 0 bridgehead atoms. The number of benzene rings is 2. The summed E-state index contributed by atoms with van der Waals surface area (Å²) in [5.74, 6) is 0.959. The van der Waals surface area contributed by atoms with Gasteiger partial charge in [-0.25, -0.2) is 5.43 Å². The van der Waals surface area contributed by atoms with E-state index in [9.17, 15) is 4.79 Å². The molecule has 0 spiro atoms. The first kappa shape index (κ1) is 18.9. The molecule has 0 saturated heterocycles. The van der Waals surface area contributed by atoms with E-state index in [2.05, 4.69) is 10.5 Å². The molecule has 3 rings (SSSR count). The summed E-state index contributed by atoms with van der Waals surface area (Å²) < 4.78 is 11.2. The topological polar surface area (TPSA) is 59.9 Å². The number of nitrogens with one attached hydrogen (secondary N) is 1. The van der Waals surface area contributed by atoms with E-state index < -0.39 is 0 Å². The highest BCUT2D eigenvalue weighted by Crippen LogP contribution is 2.28. The number of methoxy groups -OCH3 is 1. The Bertz CT molecular complexity index is 925. The van der Waals surface area contributed by atoms with Crippen molar-refractivity contribution in [1.29, 1.82) is 0 Å². The Kier molecular flexibility index (Phi) is 6.46. The first-order valence-corrected chi connectivity index (χ1v) is 9.33. The molecular weight excluding hydrogens is 384 g/mol. The van der Waals surface area contributed by atoms with Gasteiger partial charge in [0.2, 0.25) is 0 Å². The smallest absolute Gasteiger partial charge is 0.281 e. The van der Waals surface area contributed by atoms with E-state index in [1.807, 2.05) is 41.8 Å². The maximum atomic E-state index is 11.8. The van der Waals surface area contributed by atoms with Gasteiger partial charge in [-0.15, -0.1) is 11.3 Å². The summed E-state index contributed by atoms with van der Waals surface area (Å²) in [6.07, 6.45) is 1.55. The fourth-order valence-corrected chi connectivity index (χ4v) is 2.99. The van der Waals surface area contributed by atoms with Crippen LogP contribution >= 0.6 is 22.9 Å². The van der Waals surface area contributed by atoms with E-state index >= 15 is 0 Å². The molecule has 138 valence electrons. The molecule has 1 N–H and O–H groups in total. The van der Waals surface area contributed by atoms with E-state index in [-0.39, 0.29) is 5.91 Å². The van der Waals surface area contributed by atoms with Crippen molar-refractivity contribution in [2.24, 2.45) is 5.10 Å². The molecule has 1 amide bonds. The monoisotopic (exact) mass is 400 g/mol. The second-order valence-electron chi connectivity index (χ2n) is 5.50. The SMILES string of the molecule is COc1cc(/C=N\NC(=O)c2cccs2)ccc1OCc1ccc(Cl)cc1. The third-order valence-corrected chi connectivity index (χ3v) is 4.74. The van der Waals surface area contributed by atoms with E-state index in [1.165, 1.54) is 11.3 Å². The third-order valence-electron chi connectivity index (χ3n) is 3.62. The standard InChI is InChI=1S/C20H17ClN2O3S/c1-25-18-11-15(12-22-23-20(24)19-3-2-10-27-19)6-9-17(18)26-13-14-4-7-16(21)8-5-14/h2-12H,13H2,1H3,(H,23,24)/b22-12-. The van der Waals surface area contributed by atoms with Crippen molar-refractivity contribution in [3.05, 3.63) is 81.0 Å². The molecule has 0 saturated carbocycles. The van der Waals surface area contributed by atoms with Crippen LogP contribution in [0.3, 0.4) is 0 Å². The molecule has 0 radical (unpaired) electrons. The van der Waals surface area contributed by atoms with Gasteiger partial charge in [-0.2, -0.15) is 5.10 Å². The van der Waals surface area contributed by atoms with Crippen LogP contribution in [0.4, 0.5) is 0 Å². The molecule has 0 aliphatic heterocycles. The predicted octanol–water partition coefficient (Wildman–Crippen LogP) is 4.75. The van der Waals surface area contributed by atoms with Crippen molar-refractivity contribution in [3.63, 3.8) is 0 Å². The molecule has 0 aliphatic rings. The molecule has 0 atom stereocenters. The number of carbonyl (C=O) groups excluding carboxylic acids is 1. The molecule has 2 aromatic carbocycles. The summed E-state index contributed by atoms with van der Waals surface area (Å²) in [5.41, 5.74) is 4.27. The van der Waals surface area contributed by atoms with Crippen LogP contribution < -0.4 is 14.9 Å².